The Morgan fingerprint density at radius 2 is 1.95 bits per heavy atom. The number of hydrogen-bond donors (Lipinski definition) is 1. The molecule has 3 rings (SSSR count). The van der Waals surface area contributed by atoms with Crippen LogP contribution in [0.3, 0.4) is 0 Å². The summed E-state index contributed by atoms with van der Waals surface area (Å²) in [7, 11) is 0. The van der Waals surface area contributed by atoms with Gasteiger partial charge in [-0.15, -0.1) is 10.2 Å². The van der Waals surface area contributed by atoms with Crippen LogP contribution in [-0.4, -0.2) is 16.2 Å². The van der Waals surface area contributed by atoms with Gasteiger partial charge in [-0.3, -0.25) is 0 Å². The molecule has 5 heteroatoms. The van der Waals surface area contributed by atoms with Gasteiger partial charge in [-0.25, -0.2) is 0 Å². The average molecular weight is 336 g/mol. The van der Waals surface area contributed by atoms with Crippen LogP contribution in [0, 0.1) is 0 Å². The Kier molecular flexibility index (Phi) is 4.47. The van der Waals surface area contributed by atoms with Crippen molar-refractivity contribution in [1.29, 1.82) is 0 Å². The van der Waals surface area contributed by atoms with Gasteiger partial charge < -0.3 is 9.73 Å². The maximum atomic E-state index is 5.73. The number of nitrogens with zero attached hydrogens (tertiary/aromatic N) is 2. The van der Waals surface area contributed by atoms with Crippen molar-refractivity contribution in [3.8, 4) is 11.5 Å². The first kappa shape index (κ1) is 13.8. The lowest BCUT2D eigenvalue weighted by molar-refractivity contribution is 0.354. The van der Waals surface area contributed by atoms with E-state index in [1.807, 2.05) is 24.3 Å². The number of halogens is 1. The molecule has 1 fully saturated rings. The lowest BCUT2D eigenvalue weighted by Crippen LogP contribution is -2.30. The normalized spacial score (nSPS) is 16.4. The second kappa shape index (κ2) is 6.50. The Bertz CT molecular complexity index is 564. The van der Waals surface area contributed by atoms with E-state index in [0.717, 1.165) is 10.0 Å². The Hall–Kier alpha value is -1.20. The molecule has 2 aromatic rings. The number of benzene rings is 1. The fourth-order valence-corrected chi connectivity index (χ4v) is 3.06. The summed E-state index contributed by atoms with van der Waals surface area (Å²) in [4.78, 5) is 0. The Morgan fingerprint density at radius 1 is 1.15 bits per heavy atom. The highest BCUT2D eigenvalue weighted by Gasteiger charge is 2.15. The number of aromatic nitrogens is 2. The average Bonchev–Trinajstić information content (AvgIpc) is 2.95. The molecule has 0 unspecified atom stereocenters. The van der Waals surface area contributed by atoms with Crippen LogP contribution in [-0.2, 0) is 6.54 Å². The topological polar surface area (TPSA) is 51.0 Å². The van der Waals surface area contributed by atoms with Crippen molar-refractivity contribution >= 4 is 15.9 Å². The first-order valence-electron chi connectivity index (χ1n) is 7.13. The minimum absolute atomic E-state index is 0.568. The van der Waals surface area contributed by atoms with Gasteiger partial charge in [-0.1, -0.05) is 31.4 Å². The molecule has 0 radical (unpaired) electrons. The molecule has 1 heterocycles. The SMILES string of the molecule is Brc1ccccc1-c1nnc(CNC2CCCCC2)o1. The van der Waals surface area contributed by atoms with Crippen LogP contribution in [0.1, 0.15) is 38.0 Å². The largest absolute Gasteiger partial charge is 0.419 e. The lowest BCUT2D eigenvalue weighted by atomic mass is 9.95. The van der Waals surface area contributed by atoms with E-state index < -0.39 is 0 Å². The van der Waals surface area contributed by atoms with Crippen LogP contribution < -0.4 is 5.32 Å². The van der Waals surface area contributed by atoms with E-state index in [4.69, 9.17) is 4.42 Å². The second-order valence-electron chi connectivity index (χ2n) is 5.20. The first-order valence-corrected chi connectivity index (χ1v) is 7.93. The Labute approximate surface area is 127 Å². The van der Waals surface area contributed by atoms with Crippen molar-refractivity contribution in [2.45, 2.75) is 44.7 Å². The van der Waals surface area contributed by atoms with Crippen LogP contribution in [0.15, 0.2) is 33.2 Å². The number of hydrogen-bond acceptors (Lipinski definition) is 4. The van der Waals surface area contributed by atoms with Gasteiger partial charge >= 0.3 is 0 Å². The van der Waals surface area contributed by atoms with Crippen molar-refractivity contribution in [1.82, 2.24) is 15.5 Å². The van der Waals surface area contributed by atoms with Crippen molar-refractivity contribution in [2.75, 3.05) is 0 Å². The van der Waals surface area contributed by atoms with E-state index in [-0.39, 0.29) is 0 Å². The molecule has 0 amide bonds. The maximum Gasteiger partial charge on any atom is 0.248 e. The van der Waals surface area contributed by atoms with Crippen molar-refractivity contribution in [2.24, 2.45) is 0 Å². The van der Waals surface area contributed by atoms with E-state index in [2.05, 4.69) is 31.4 Å². The predicted octanol–water partition coefficient (Wildman–Crippen LogP) is 3.92. The number of nitrogens with one attached hydrogen (secondary N) is 1. The van der Waals surface area contributed by atoms with Crippen LogP contribution in [0.4, 0.5) is 0 Å². The zero-order valence-corrected chi connectivity index (χ0v) is 12.9. The molecular weight excluding hydrogens is 318 g/mol. The van der Waals surface area contributed by atoms with E-state index in [0.29, 0.717) is 24.4 Å². The molecule has 106 valence electrons. The fraction of sp³-hybridized carbons (Fsp3) is 0.467. The third-order valence-electron chi connectivity index (χ3n) is 3.72. The van der Waals surface area contributed by atoms with Gasteiger partial charge in [0.2, 0.25) is 11.8 Å². The summed E-state index contributed by atoms with van der Waals surface area (Å²) in [5.74, 6) is 1.22. The third kappa shape index (κ3) is 3.27. The quantitative estimate of drug-likeness (QED) is 0.919. The van der Waals surface area contributed by atoms with Gasteiger partial charge in [-0.2, -0.15) is 0 Å². The Morgan fingerprint density at radius 3 is 2.75 bits per heavy atom. The molecule has 0 saturated heterocycles. The van der Waals surface area contributed by atoms with Gasteiger partial charge in [0.15, 0.2) is 0 Å². The standard InChI is InChI=1S/C15H18BrN3O/c16-13-9-5-4-8-12(13)15-19-18-14(20-15)10-17-11-6-2-1-3-7-11/h4-5,8-9,11,17H,1-3,6-7,10H2. The van der Waals surface area contributed by atoms with Crippen LogP contribution in [0.2, 0.25) is 0 Å². The van der Waals surface area contributed by atoms with Gasteiger partial charge in [0, 0.05) is 10.5 Å². The highest BCUT2D eigenvalue weighted by atomic mass is 79.9. The van der Waals surface area contributed by atoms with Crippen LogP contribution in [0.25, 0.3) is 11.5 Å². The zero-order valence-electron chi connectivity index (χ0n) is 11.3. The predicted molar refractivity (Wildman–Crippen MR) is 81.1 cm³/mol. The highest BCUT2D eigenvalue weighted by Crippen LogP contribution is 2.26. The van der Waals surface area contributed by atoms with Gasteiger partial charge in [0.25, 0.3) is 0 Å². The van der Waals surface area contributed by atoms with E-state index in [1.54, 1.807) is 0 Å². The molecular formula is C15H18BrN3O. The molecule has 1 aliphatic carbocycles. The van der Waals surface area contributed by atoms with E-state index in [1.165, 1.54) is 32.1 Å². The summed E-state index contributed by atoms with van der Waals surface area (Å²) >= 11 is 3.50. The molecule has 1 aromatic heterocycles. The molecule has 0 atom stereocenters. The van der Waals surface area contributed by atoms with Crippen LogP contribution in [0.5, 0.6) is 0 Å². The number of rotatable bonds is 4. The minimum Gasteiger partial charge on any atom is -0.419 e. The molecule has 0 bridgehead atoms. The van der Waals surface area contributed by atoms with Crippen molar-refractivity contribution in [3.63, 3.8) is 0 Å². The van der Waals surface area contributed by atoms with Gasteiger partial charge in [0.1, 0.15) is 0 Å². The fourth-order valence-electron chi connectivity index (χ4n) is 2.61. The third-order valence-corrected chi connectivity index (χ3v) is 4.41. The monoisotopic (exact) mass is 335 g/mol. The summed E-state index contributed by atoms with van der Waals surface area (Å²) in [5.41, 5.74) is 0.934. The first-order chi connectivity index (χ1) is 9.83. The molecule has 1 N–H and O–H groups in total. The smallest absolute Gasteiger partial charge is 0.248 e. The summed E-state index contributed by atoms with van der Waals surface area (Å²) in [5, 5.41) is 11.8. The summed E-state index contributed by atoms with van der Waals surface area (Å²) in [6, 6.07) is 8.47. The second-order valence-corrected chi connectivity index (χ2v) is 6.05. The summed E-state index contributed by atoms with van der Waals surface area (Å²) in [6.07, 6.45) is 6.52. The maximum absolute atomic E-state index is 5.73. The van der Waals surface area contributed by atoms with Crippen molar-refractivity contribution < 1.29 is 4.42 Å². The van der Waals surface area contributed by atoms with Crippen molar-refractivity contribution in [3.05, 3.63) is 34.6 Å². The molecule has 1 aromatic carbocycles. The lowest BCUT2D eigenvalue weighted by Gasteiger charge is -2.21. The summed E-state index contributed by atoms with van der Waals surface area (Å²) < 4.78 is 6.69. The highest BCUT2D eigenvalue weighted by molar-refractivity contribution is 9.10. The molecule has 0 aliphatic heterocycles. The van der Waals surface area contributed by atoms with Gasteiger partial charge in [0.05, 0.1) is 12.1 Å². The Balaban J connectivity index is 1.63. The van der Waals surface area contributed by atoms with Gasteiger partial charge in [-0.05, 0) is 40.9 Å². The minimum atomic E-state index is 0.568. The summed E-state index contributed by atoms with van der Waals surface area (Å²) in [6.45, 7) is 0.655. The zero-order chi connectivity index (χ0) is 13.8. The molecule has 1 aliphatic rings. The molecule has 20 heavy (non-hydrogen) atoms. The molecule has 4 nitrogen and oxygen atoms in total. The van der Waals surface area contributed by atoms with E-state index in [9.17, 15) is 0 Å². The molecule has 0 spiro atoms. The van der Waals surface area contributed by atoms with E-state index >= 15 is 0 Å². The van der Waals surface area contributed by atoms with Crippen LogP contribution >= 0.6 is 15.9 Å². The molecule has 1 saturated carbocycles.